The fraction of sp³-hybridized carbons (Fsp3) is 0.714. The van der Waals surface area contributed by atoms with Crippen molar-refractivity contribution < 1.29 is 19.7 Å². The molecule has 31 heavy (non-hydrogen) atoms. The molecule has 0 saturated carbocycles. The fourth-order valence-electron chi connectivity index (χ4n) is 3.94. The lowest BCUT2D eigenvalue weighted by molar-refractivity contribution is -0.143. The quantitative estimate of drug-likeness (QED) is 0.433. The smallest absolute Gasteiger partial charge is 0.327 e. The molecule has 2 aromatic heterocycles. The first-order chi connectivity index (χ1) is 15.0. The lowest BCUT2D eigenvalue weighted by Gasteiger charge is -2.29. The van der Waals surface area contributed by atoms with Crippen molar-refractivity contribution in [2.24, 2.45) is 5.92 Å². The van der Waals surface area contributed by atoms with Gasteiger partial charge >= 0.3 is 17.7 Å². The minimum atomic E-state index is -0.676. The number of nitrogens with one attached hydrogen (secondary N) is 1. The lowest BCUT2D eigenvalue weighted by atomic mass is 9.97. The van der Waals surface area contributed by atoms with Crippen LogP contribution in [-0.2, 0) is 11.3 Å². The number of rotatable bonds is 12. The number of hydrogen-bond acceptors (Lipinski definition) is 7. The van der Waals surface area contributed by atoms with E-state index in [1.54, 1.807) is 0 Å². The second-order valence-corrected chi connectivity index (χ2v) is 8.18. The van der Waals surface area contributed by atoms with Gasteiger partial charge in [0, 0.05) is 6.54 Å². The topological polar surface area (TPSA) is 134 Å². The van der Waals surface area contributed by atoms with E-state index in [1.807, 2.05) is 0 Å². The number of aromatic nitrogens is 4. The molecule has 0 spiro atoms. The number of aromatic hydroxyl groups is 1. The summed E-state index contributed by atoms with van der Waals surface area (Å²) in [5.74, 6) is -1.14. The SMILES string of the molecule is CCCCOc1nc(O)c2[nH]c(=O)n(CCCCCCN3CCC(C(=O)O)CC3)c2n1. The molecule has 3 rings (SSSR count). The van der Waals surface area contributed by atoms with Gasteiger partial charge < -0.3 is 19.8 Å². The number of carboxylic acid groups (broad SMARTS) is 1. The molecule has 10 heteroatoms. The summed E-state index contributed by atoms with van der Waals surface area (Å²) in [5.41, 5.74) is 0.287. The van der Waals surface area contributed by atoms with Crippen molar-refractivity contribution in [1.82, 2.24) is 24.4 Å². The maximum Gasteiger partial charge on any atom is 0.327 e. The molecule has 1 fully saturated rings. The zero-order valence-corrected chi connectivity index (χ0v) is 18.2. The van der Waals surface area contributed by atoms with Crippen LogP contribution >= 0.6 is 0 Å². The van der Waals surface area contributed by atoms with E-state index in [-0.39, 0.29) is 29.0 Å². The summed E-state index contributed by atoms with van der Waals surface area (Å²) >= 11 is 0. The highest BCUT2D eigenvalue weighted by Crippen LogP contribution is 2.22. The van der Waals surface area contributed by atoms with Crippen molar-refractivity contribution >= 4 is 17.1 Å². The zero-order chi connectivity index (χ0) is 22.2. The molecule has 0 aliphatic carbocycles. The number of hydrogen-bond donors (Lipinski definition) is 3. The standard InChI is InChI=1S/C21H33N5O5/c1-2-3-14-31-20-23-17-16(18(27)24-20)22-21(30)26(17)11-7-5-4-6-10-25-12-8-15(9-13-25)19(28)29/h15H,2-14H2,1H3,(H,22,30)(H,28,29)(H,23,24,27). The molecule has 3 N–H and O–H groups in total. The molecule has 1 saturated heterocycles. The Morgan fingerprint density at radius 2 is 1.84 bits per heavy atom. The Balaban J connectivity index is 1.45. The number of fused-ring (bicyclic) bond motifs is 1. The van der Waals surface area contributed by atoms with E-state index in [0.29, 0.717) is 18.8 Å². The van der Waals surface area contributed by atoms with E-state index in [9.17, 15) is 14.7 Å². The van der Waals surface area contributed by atoms with Gasteiger partial charge in [-0.25, -0.2) is 4.79 Å². The van der Waals surface area contributed by atoms with Crippen LogP contribution in [0.4, 0.5) is 0 Å². The highest BCUT2D eigenvalue weighted by Gasteiger charge is 2.23. The van der Waals surface area contributed by atoms with Crippen LogP contribution in [0.3, 0.4) is 0 Å². The van der Waals surface area contributed by atoms with Crippen LogP contribution in [0.25, 0.3) is 11.2 Å². The number of likely N-dealkylation sites (tertiary alicyclic amines) is 1. The Morgan fingerprint density at radius 3 is 2.52 bits per heavy atom. The van der Waals surface area contributed by atoms with Crippen LogP contribution in [0, 0.1) is 5.92 Å². The van der Waals surface area contributed by atoms with Crippen LogP contribution in [0.15, 0.2) is 4.79 Å². The minimum Gasteiger partial charge on any atom is -0.492 e. The lowest BCUT2D eigenvalue weighted by Crippen LogP contribution is -2.36. The van der Waals surface area contributed by atoms with Crippen LogP contribution in [0.5, 0.6) is 11.9 Å². The maximum atomic E-state index is 12.3. The third-order valence-electron chi connectivity index (χ3n) is 5.85. The van der Waals surface area contributed by atoms with Gasteiger partial charge in [0.2, 0.25) is 5.88 Å². The highest BCUT2D eigenvalue weighted by molar-refractivity contribution is 5.76. The summed E-state index contributed by atoms with van der Waals surface area (Å²) in [4.78, 5) is 36.5. The molecule has 2 aromatic rings. The van der Waals surface area contributed by atoms with Crippen LogP contribution < -0.4 is 10.4 Å². The number of H-pyrrole nitrogens is 1. The molecule has 0 bridgehead atoms. The summed E-state index contributed by atoms with van der Waals surface area (Å²) < 4.78 is 7.01. The number of nitrogens with zero attached hydrogens (tertiary/aromatic N) is 4. The normalized spacial score (nSPS) is 15.5. The zero-order valence-electron chi connectivity index (χ0n) is 18.2. The van der Waals surface area contributed by atoms with Gasteiger partial charge in [-0.05, 0) is 51.7 Å². The van der Waals surface area contributed by atoms with Crippen LogP contribution in [-0.4, -0.2) is 66.8 Å². The van der Waals surface area contributed by atoms with Crippen molar-refractivity contribution in [3.8, 4) is 11.9 Å². The van der Waals surface area contributed by atoms with Crippen molar-refractivity contribution in [2.45, 2.75) is 64.8 Å². The average Bonchev–Trinajstić information content (AvgIpc) is 3.07. The first-order valence-electron chi connectivity index (χ1n) is 11.3. The number of carbonyl (C=O) groups is 1. The van der Waals surface area contributed by atoms with Crippen LogP contribution in [0.1, 0.15) is 58.3 Å². The molecule has 1 aliphatic heterocycles. The molecule has 0 amide bonds. The second-order valence-electron chi connectivity index (χ2n) is 8.18. The monoisotopic (exact) mass is 435 g/mol. The third kappa shape index (κ3) is 6.19. The number of unbranched alkanes of at least 4 members (excludes halogenated alkanes) is 4. The van der Waals surface area contributed by atoms with Crippen molar-refractivity contribution in [3.05, 3.63) is 10.5 Å². The van der Waals surface area contributed by atoms with Gasteiger partial charge in [0.25, 0.3) is 0 Å². The number of imidazole rings is 1. The molecule has 0 atom stereocenters. The van der Waals surface area contributed by atoms with Gasteiger partial charge in [-0.2, -0.15) is 9.97 Å². The van der Waals surface area contributed by atoms with Crippen LogP contribution in [0.2, 0.25) is 0 Å². The Morgan fingerprint density at radius 1 is 1.13 bits per heavy atom. The number of aryl methyl sites for hydroxylation is 1. The number of aromatic amines is 1. The molecule has 10 nitrogen and oxygen atoms in total. The first-order valence-corrected chi connectivity index (χ1v) is 11.3. The molecule has 0 unspecified atom stereocenters. The number of aliphatic carboxylic acids is 1. The maximum absolute atomic E-state index is 12.3. The summed E-state index contributed by atoms with van der Waals surface area (Å²) in [6.07, 6.45) is 7.20. The molecular weight excluding hydrogens is 402 g/mol. The van der Waals surface area contributed by atoms with Crippen molar-refractivity contribution in [1.29, 1.82) is 0 Å². The highest BCUT2D eigenvalue weighted by atomic mass is 16.5. The van der Waals surface area contributed by atoms with Gasteiger partial charge in [-0.3, -0.25) is 14.3 Å². The Kier molecular flexibility index (Phi) is 8.27. The Labute approximate surface area is 181 Å². The minimum absolute atomic E-state index is 0.0814. The predicted octanol–water partition coefficient (Wildman–Crippen LogP) is 2.36. The summed E-state index contributed by atoms with van der Waals surface area (Å²) in [7, 11) is 0. The Hall–Kier alpha value is -2.62. The van der Waals surface area contributed by atoms with Gasteiger partial charge in [0.15, 0.2) is 5.65 Å². The number of carboxylic acids is 1. The second kappa shape index (κ2) is 11.1. The largest absolute Gasteiger partial charge is 0.492 e. The van der Waals surface area contributed by atoms with Crippen molar-refractivity contribution in [2.75, 3.05) is 26.2 Å². The predicted molar refractivity (Wildman–Crippen MR) is 115 cm³/mol. The first kappa shape index (κ1) is 23.1. The summed E-state index contributed by atoms with van der Waals surface area (Å²) in [6.45, 7) is 5.72. The van der Waals surface area contributed by atoms with E-state index < -0.39 is 5.97 Å². The van der Waals surface area contributed by atoms with Gasteiger partial charge in [0.05, 0.1) is 12.5 Å². The van der Waals surface area contributed by atoms with E-state index in [4.69, 9.17) is 9.84 Å². The molecule has 172 valence electrons. The van der Waals surface area contributed by atoms with Gasteiger partial charge in [0.1, 0.15) is 5.52 Å². The molecule has 0 aromatic carbocycles. The average molecular weight is 436 g/mol. The van der Waals surface area contributed by atoms with E-state index in [2.05, 4.69) is 26.8 Å². The number of ether oxygens (including phenoxy) is 1. The van der Waals surface area contributed by atoms with Crippen molar-refractivity contribution in [3.63, 3.8) is 0 Å². The van der Waals surface area contributed by atoms with E-state index >= 15 is 0 Å². The molecular formula is C21H33N5O5. The fourth-order valence-corrected chi connectivity index (χ4v) is 3.94. The summed E-state index contributed by atoms with van der Waals surface area (Å²) in [5, 5.41) is 19.2. The van der Waals surface area contributed by atoms with Gasteiger partial charge in [-0.15, -0.1) is 0 Å². The van der Waals surface area contributed by atoms with Gasteiger partial charge in [-0.1, -0.05) is 26.2 Å². The summed E-state index contributed by atoms with van der Waals surface area (Å²) in [6, 6.07) is 0.0814. The van der Waals surface area contributed by atoms with E-state index in [1.165, 1.54) is 4.57 Å². The Bertz CT molecular complexity index is 917. The molecule has 1 aliphatic rings. The molecule has 0 radical (unpaired) electrons. The van der Waals surface area contributed by atoms with E-state index in [0.717, 1.165) is 71.0 Å². The molecule has 3 heterocycles. The number of piperidine rings is 1. The third-order valence-corrected chi connectivity index (χ3v) is 5.85.